The highest BCUT2D eigenvalue weighted by Crippen LogP contribution is 1.91. The van der Waals surface area contributed by atoms with Crippen molar-refractivity contribution in [2.75, 3.05) is 0 Å². The van der Waals surface area contributed by atoms with Crippen molar-refractivity contribution in [2.45, 2.75) is 32.4 Å². The lowest BCUT2D eigenvalue weighted by Crippen LogP contribution is -2.31. The molecule has 0 saturated heterocycles. The van der Waals surface area contributed by atoms with Crippen molar-refractivity contribution in [1.82, 2.24) is 0 Å². The minimum Gasteiger partial charge on any atom is -0.392 e. The Bertz CT molecular complexity index is 45.3. The van der Waals surface area contributed by atoms with Crippen LogP contribution in [-0.4, -0.2) is 17.3 Å². The Morgan fingerprint density at radius 3 is 2.14 bits per heavy atom. The second-order valence-electron chi connectivity index (χ2n) is 1.81. The molecule has 0 spiro atoms. The summed E-state index contributed by atoms with van der Waals surface area (Å²) >= 11 is 0. The van der Waals surface area contributed by atoms with Crippen molar-refractivity contribution in [2.24, 2.45) is 5.73 Å². The molecule has 0 fully saturated rings. The van der Waals surface area contributed by atoms with Gasteiger partial charge in [0.2, 0.25) is 0 Å². The third-order valence-electron chi connectivity index (χ3n) is 1.09. The lowest BCUT2D eigenvalue weighted by molar-refractivity contribution is 0.161. The molecule has 0 aliphatic heterocycles. The summed E-state index contributed by atoms with van der Waals surface area (Å²) in [7, 11) is 0. The van der Waals surface area contributed by atoms with Crippen LogP contribution in [0.3, 0.4) is 0 Å². The van der Waals surface area contributed by atoms with Gasteiger partial charge < -0.3 is 10.8 Å². The highest BCUT2D eigenvalue weighted by Gasteiger charge is 2.03. The molecular formula is C5H13NO. The van der Waals surface area contributed by atoms with E-state index in [1.54, 1.807) is 6.92 Å². The van der Waals surface area contributed by atoms with E-state index in [0.717, 1.165) is 6.42 Å². The normalized spacial score (nSPS) is 18.9. The second-order valence-corrected chi connectivity index (χ2v) is 1.81. The molecule has 0 saturated carbocycles. The molecule has 0 amide bonds. The van der Waals surface area contributed by atoms with Crippen LogP contribution in [0.4, 0.5) is 0 Å². The maximum absolute atomic E-state index is 8.70. The van der Waals surface area contributed by atoms with E-state index in [2.05, 4.69) is 0 Å². The van der Waals surface area contributed by atoms with Gasteiger partial charge in [-0.3, -0.25) is 0 Å². The summed E-state index contributed by atoms with van der Waals surface area (Å²) in [5.74, 6) is 0. The zero-order valence-corrected chi connectivity index (χ0v) is 4.89. The molecule has 0 aromatic carbocycles. The first kappa shape index (κ1) is 6.92. The van der Waals surface area contributed by atoms with Crippen molar-refractivity contribution in [3.63, 3.8) is 0 Å². The topological polar surface area (TPSA) is 46.2 Å². The Labute approximate surface area is 44.3 Å². The van der Waals surface area contributed by atoms with Gasteiger partial charge in [0.25, 0.3) is 0 Å². The first-order valence-electron chi connectivity index (χ1n) is 2.62. The standard InChI is InChI=1S/C5H13NO/c1-3-5(6)4(2)7/h4-5,7H,3,6H2,1-2H3/t4-,5?/m0/s1. The molecule has 0 aromatic heterocycles. The summed E-state index contributed by atoms with van der Waals surface area (Å²) in [6.45, 7) is 3.66. The molecule has 1 unspecified atom stereocenters. The van der Waals surface area contributed by atoms with Gasteiger partial charge in [0, 0.05) is 6.04 Å². The van der Waals surface area contributed by atoms with E-state index in [1.807, 2.05) is 6.92 Å². The van der Waals surface area contributed by atoms with E-state index < -0.39 is 0 Å². The van der Waals surface area contributed by atoms with E-state index in [0.29, 0.717) is 0 Å². The zero-order valence-electron chi connectivity index (χ0n) is 4.89. The van der Waals surface area contributed by atoms with Crippen LogP contribution in [0.1, 0.15) is 20.3 Å². The van der Waals surface area contributed by atoms with Gasteiger partial charge in [0.1, 0.15) is 0 Å². The Morgan fingerprint density at radius 2 is 2.14 bits per heavy atom. The summed E-state index contributed by atoms with van der Waals surface area (Å²) in [4.78, 5) is 0. The summed E-state index contributed by atoms with van der Waals surface area (Å²) in [5, 5.41) is 8.70. The first-order valence-corrected chi connectivity index (χ1v) is 2.62. The Morgan fingerprint density at radius 1 is 1.71 bits per heavy atom. The van der Waals surface area contributed by atoms with Gasteiger partial charge in [0.15, 0.2) is 0 Å². The molecule has 0 radical (unpaired) electrons. The quantitative estimate of drug-likeness (QED) is 0.521. The molecule has 0 aliphatic carbocycles. The van der Waals surface area contributed by atoms with E-state index in [9.17, 15) is 0 Å². The van der Waals surface area contributed by atoms with Gasteiger partial charge in [-0.05, 0) is 13.3 Å². The SMILES string of the molecule is CCC(N)[C@H](C)O. The highest BCUT2D eigenvalue weighted by atomic mass is 16.3. The van der Waals surface area contributed by atoms with E-state index in [4.69, 9.17) is 10.8 Å². The number of hydrogen-bond acceptors (Lipinski definition) is 2. The van der Waals surface area contributed by atoms with Gasteiger partial charge in [0.05, 0.1) is 6.10 Å². The molecule has 2 atom stereocenters. The highest BCUT2D eigenvalue weighted by molar-refractivity contribution is 4.63. The van der Waals surface area contributed by atoms with Gasteiger partial charge in [-0.25, -0.2) is 0 Å². The van der Waals surface area contributed by atoms with Crippen LogP contribution in [0.5, 0.6) is 0 Å². The molecule has 0 heterocycles. The Balaban J connectivity index is 3.14. The summed E-state index contributed by atoms with van der Waals surface area (Å²) in [6, 6.07) is -0.0417. The van der Waals surface area contributed by atoms with Crippen molar-refractivity contribution < 1.29 is 5.11 Å². The first-order chi connectivity index (χ1) is 3.18. The predicted molar refractivity (Wildman–Crippen MR) is 29.9 cm³/mol. The molecule has 0 rings (SSSR count). The van der Waals surface area contributed by atoms with Crippen molar-refractivity contribution in [3.05, 3.63) is 0 Å². The molecule has 0 bridgehead atoms. The lowest BCUT2D eigenvalue weighted by atomic mass is 10.1. The summed E-state index contributed by atoms with van der Waals surface area (Å²) in [5.41, 5.74) is 5.37. The molecular weight excluding hydrogens is 90.1 g/mol. The number of aliphatic hydroxyl groups excluding tert-OH is 1. The fraction of sp³-hybridized carbons (Fsp3) is 1.00. The maximum atomic E-state index is 8.70. The molecule has 7 heavy (non-hydrogen) atoms. The summed E-state index contributed by atoms with van der Waals surface area (Å²) < 4.78 is 0. The smallest absolute Gasteiger partial charge is 0.0662 e. The fourth-order valence-electron chi connectivity index (χ4n) is 0.341. The number of hydrogen-bond donors (Lipinski definition) is 2. The Kier molecular flexibility index (Phi) is 2.96. The van der Waals surface area contributed by atoms with Crippen LogP contribution >= 0.6 is 0 Å². The monoisotopic (exact) mass is 103 g/mol. The maximum Gasteiger partial charge on any atom is 0.0662 e. The molecule has 2 heteroatoms. The number of aliphatic hydroxyl groups is 1. The van der Waals surface area contributed by atoms with Gasteiger partial charge >= 0.3 is 0 Å². The van der Waals surface area contributed by atoms with Gasteiger partial charge in [-0.2, -0.15) is 0 Å². The molecule has 0 aromatic rings. The van der Waals surface area contributed by atoms with E-state index in [-0.39, 0.29) is 12.1 Å². The third-order valence-corrected chi connectivity index (χ3v) is 1.09. The fourth-order valence-corrected chi connectivity index (χ4v) is 0.341. The second kappa shape index (κ2) is 2.99. The number of rotatable bonds is 2. The predicted octanol–water partition coefficient (Wildman–Crippen LogP) is 0.104. The lowest BCUT2D eigenvalue weighted by Gasteiger charge is -2.09. The Hall–Kier alpha value is -0.0800. The average Bonchev–Trinajstić information content (AvgIpc) is 1.65. The average molecular weight is 103 g/mol. The molecule has 3 N–H and O–H groups in total. The molecule has 2 nitrogen and oxygen atoms in total. The third kappa shape index (κ3) is 2.60. The minimum absolute atomic E-state index is 0.0417. The minimum atomic E-state index is -0.356. The molecule has 0 aliphatic rings. The van der Waals surface area contributed by atoms with Crippen molar-refractivity contribution in [3.8, 4) is 0 Å². The zero-order chi connectivity index (χ0) is 5.86. The van der Waals surface area contributed by atoms with Crippen LogP contribution in [0, 0.1) is 0 Å². The van der Waals surface area contributed by atoms with E-state index in [1.165, 1.54) is 0 Å². The van der Waals surface area contributed by atoms with Crippen LogP contribution in [0.15, 0.2) is 0 Å². The van der Waals surface area contributed by atoms with Crippen LogP contribution in [-0.2, 0) is 0 Å². The largest absolute Gasteiger partial charge is 0.392 e. The van der Waals surface area contributed by atoms with Crippen LogP contribution < -0.4 is 5.73 Å². The van der Waals surface area contributed by atoms with Gasteiger partial charge in [-0.15, -0.1) is 0 Å². The molecule has 44 valence electrons. The van der Waals surface area contributed by atoms with Crippen LogP contribution in [0.2, 0.25) is 0 Å². The van der Waals surface area contributed by atoms with Crippen molar-refractivity contribution >= 4 is 0 Å². The van der Waals surface area contributed by atoms with Gasteiger partial charge in [-0.1, -0.05) is 6.92 Å². The van der Waals surface area contributed by atoms with E-state index >= 15 is 0 Å². The summed E-state index contributed by atoms with van der Waals surface area (Å²) in [6.07, 6.45) is 0.488. The van der Waals surface area contributed by atoms with Crippen LogP contribution in [0.25, 0.3) is 0 Å². The van der Waals surface area contributed by atoms with Crippen molar-refractivity contribution in [1.29, 1.82) is 0 Å². The number of nitrogens with two attached hydrogens (primary N) is 1.